The molecule has 8 rings (SSSR count). The number of benzene rings is 2. The number of carbonyl (C=O) groups is 6. The largest absolute Gasteiger partial charge is 0.507 e. The quantitative estimate of drug-likeness (QED) is 0.0234. The number of phenols is 2. The number of methoxy groups -OCH3 is 2. The van der Waals surface area contributed by atoms with Crippen LogP contribution in [0.25, 0.3) is 0 Å². The number of hydrazone groups is 1. The summed E-state index contributed by atoms with van der Waals surface area (Å²) < 4.78 is 36.1. The zero-order valence-electron chi connectivity index (χ0n) is 43.6. The van der Waals surface area contributed by atoms with E-state index in [-0.39, 0.29) is 77.4 Å². The van der Waals surface area contributed by atoms with Gasteiger partial charge in [0.1, 0.15) is 35.0 Å². The highest BCUT2D eigenvalue weighted by Gasteiger charge is 2.55. The SMILES string of the molecule is COc1cccc2c1C(=O)c1c(O)c3c(c(O)c1C2=O)C[C@@](O)(/C(CO)=N/NC(=O)CCCCCN1C(=O)CC(NCCCC[C@H](NOC(C)(C)C)C(=O)O)C1=O)C[C@@H]3O[C@H]1C[C@H]2[C@H](O[C@@H]3[C@@H](OC)OCCN32)[C@H](C)O1. The van der Waals surface area contributed by atoms with Crippen LogP contribution < -0.4 is 21.0 Å². The van der Waals surface area contributed by atoms with E-state index in [2.05, 4.69) is 26.2 Å². The molecule has 4 fully saturated rings. The van der Waals surface area contributed by atoms with Crippen molar-refractivity contribution in [2.24, 2.45) is 5.10 Å². The number of carboxylic acids is 1. The standard InChI is InChI=1S/C52H70N6O18/c1-26-46-31(57-19-20-72-50(71-6)48(57)75-46)22-37(73-26)74-33-24-52(69,23-28-39(33)45(65)41-40(43(28)63)42(62)27-13-12-15-32(70-5)38(27)44(41)64)34(25-59)54-55-35(60)16-8-7-11-18-58-36(61)21-30(47(58)66)53-17-10-9-14-29(49(67)68)56-76-51(2,3)4/h12-13,15,26,29-31,33,37,46,48,50,53,56,59,63,65,69H,7-11,14,16-25H2,1-6H3,(H,55,60)(H,67,68)/b54-34+/t26-,29-,30?,31-,33-,37-,46+,48+,50-,52-/m0/s1. The number of carbonyl (C=O) groups excluding carboxylic acids is 5. The number of fused-ring (bicyclic) bond motifs is 6. The van der Waals surface area contributed by atoms with E-state index in [4.69, 9.17) is 33.3 Å². The third-order valence-electron chi connectivity index (χ3n) is 14.8. The van der Waals surface area contributed by atoms with Gasteiger partial charge in [-0.1, -0.05) is 18.6 Å². The molecule has 2 aromatic carbocycles. The Balaban J connectivity index is 0.915. The number of unbranched alkanes of at least 4 members (excludes halogenated alkanes) is 3. The summed E-state index contributed by atoms with van der Waals surface area (Å²) in [6.45, 7) is 7.78. The van der Waals surface area contributed by atoms with E-state index in [9.17, 15) is 54.3 Å². The fraction of sp³-hybridized carbons (Fsp3) is 0.635. The average Bonchev–Trinajstić information content (AvgIpc) is 3.97. The lowest BCUT2D eigenvalue weighted by Crippen LogP contribution is -2.55. The first-order chi connectivity index (χ1) is 36.2. The summed E-state index contributed by atoms with van der Waals surface area (Å²) in [6.07, 6.45) is -2.70. The van der Waals surface area contributed by atoms with Crippen molar-refractivity contribution in [1.29, 1.82) is 0 Å². The summed E-state index contributed by atoms with van der Waals surface area (Å²) in [6, 6.07) is 2.57. The molecule has 6 aliphatic rings. The molecule has 24 nitrogen and oxygen atoms in total. The topological polar surface area (TPSA) is 323 Å². The maximum atomic E-state index is 14.3. The van der Waals surface area contributed by atoms with Crippen LogP contribution in [0.15, 0.2) is 23.3 Å². The van der Waals surface area contributed by atoms with Crippen LogP contribution in [-0.4, -0.2) is 184 Å². The number of ketones is 2. The number of amides is 3. The van der Waals surface area contributed by atoms with E-state index in [0.717, 1.165) is 0 Å². The molecule has 2 aliphatic carbocycles. The third kappa shape index (κ3) is 11.7. The highest BCUT2D eigenvalue weighted by molar-refractivity contribution is 6.31. The van der Waals surface area contributed by atoms with E-state index in [1.165, 1.54) is 37.3 Å². The predicted octanol–water partition coefficient (Wildman–Crippen LogP) is 1.84. The lowest BCUT2D eigenvalue weighted by atomic mass is 9.71. The van der Waals surface area contributed by atoms with Gasteiger partial charge in [0, 0.05) is 68.6 Å². The van der Waals surface area contributed by atoms with Crippen molar-refractivity contribution >= 4 is 41.0 Å². The number of nitrogens with one attached hydrogen (secondary N) is 3. The van der Waals surface area contributed by atoms with Crippen molar-refractivity contribution in [3.8, 4) is 17.2 Å². The van der Waals surface area contributed by atoms with Crippen molar-refractivity contribution in [3.63, 3.8) is 0 Å². The van der Waals surface area contributed by atoms with Crippen molar-refractivity contribution in [1.82, 2.24) is 26.0 Å². The summed E-state index contributed by atoms with van der Waals surface area (Å²) in [7, 11) is 2.85. The molecule has 0 radical (unpaired) electrons. The average molecular weight is 1070 g/mol. The second kappa shape index (κ2) is 23.6. The zero-order chi connectivity index (χ0) is 54.8. The van der Waals surface area contributed by atoms with Crippen LogP contribution in [-0.2, 0) is 54.1 Å². The Morgan fingerprint density at radius 1 is 0.987 bits per heavy atom. The molecule has 4 aliphatic heterocycles. The molecular formula is C52H70N6O18. The summed E-state index contributed by atoms with van der Waals surface area (Å²) in [5.41, 5.74) is 0.510. The number of imide groups is 1. The number of hydrogen-bond donors (Lipinski definition) is 8. The Kier molecular flexibility index (Phi) is 17.6. The highest BCUT2D eigenvalue weighted by Crippen LogP contribution is 2.53. The normalized spacial score (nSPS) is 27.9. The van der Waals surface area contributed by atoms with Gasteiger partial charge in [-0.05, 0) is 72.4 Å². The number of aliphatic hydroxyl groups is 2. The van der Waals surface area contributed by atoms with Crippen LogP contribution in [0.4, 0.5) is 0 Å². The second-order valence-corrected chi connectivity index (χ2v) is 21.1. The highest BCUT2D eigenvalue weighted by atomic mass is 16.7. The predicted molar refractivity (Wildman–Crippen MR) is 265 cm³/mol. The maximum Gasteiger partial charge on any atom is 0.323 e. The molecule has 3 amide bonds. The molecule has 4 saturated heterocycles. The van der Waals surface area contributed by atoms with Gasteiger partial charge in [0.15, 0.2) is 24.6 Å². The van der Waals surface area contributed by atoms with Gasteiger partial charge >= 0.3 is 5.97 Å². The van der Waals surface area contributed by atoms with Gasteiger partial charge in [0.2, 0.25) is 23.5 Å². The lowest BCUT2D eigenvalue weighted by Gasteiger charge is -2.44. The Labute approximate surface area is 439 Å². The Morgan fingerprint density at radius 2 is 1.75 bits per heavy atom. The minimum absolute atomic E-state index is 0.00420. The van der Waals surface area contributed by atoms with E-state index >= 15 is 0 Å². The van der Waals surface area contributed by atoms with Crippen LogP contribution >= 0.6 is 0 Å². The van der Waals surface area contributed by atoms with Crippen molar-refractivity contribution in [2.45, 2.75) is 165 Å². The van der Waals surface area contributed by atoms with E-state index < -0.39 is 126 Å². The molecular weight excluding hydrogens is 997 g/mol. The molecule has 0 aromatic heterocycles. The van der Waals surface area contributed by atoms with Crippen LogP contribution in [0, 0.1) is 0 Å². The first-order valence-electron chi connectivity index (χ1n) is 25.9. The van der Waals surface area contributed by atoms with Gasteiger partial charge in [-0.25, -0.2) is 5.43 Å². The minimum atomic E-state index is -2.19. The number of carboxylic acid groups (broad SMARTS) is 1. The maximum absolute atomic E-state index is 14.3. The number of nitrogens with zero attached hydrogens (tertiary/aromatic N) is 3. The van der Waals surface area contributed by atoms with Crippen molar-refractivity contribution in [3.05, 3.63) is 51.6 Å². The van der Waals surface area contributed by atoms with Gasteiger partial charge in [0.25, 0.3) is 0 Å². The van der Waals surface area contributed by atoms with Gasteiger partial charge in [-0.15, -0.1) is 0 Å². The Hall–Kier alpha value is -5.51. The number of morpholine rings is 1. The second-order valence-electron chi connectivity index (χ2n) is 21.1. The summed E-state index contributed by atoms with van der Waals surface area (Å²) >= 11 is 0. The summed E-state index contributed by atoms with van der Waals surface area (Å²) in [5.74, 6) is -5.14. The van der Waals surface area contributed by atoms with Crippen LogP contribution in [0.1, 0.15) is 141 Å². The summed E-state index contributed by atoms with van der Waals surface area (Å²) in [4.78, 5) is 87.9. The lowest BCUT2D eigenvalue weighted by molar-refractivity contribution is -0.255. The van der Waals surface area contributed by atoms with Gasteiger partial charge < -0.3 is 59.3 Å². The fourth-order valence-corrected chi connectivity index (χ4v) is 11.1. The van der Waals surface area contributed by atoms with E-state index in [1.807, 2.05) is 6.92 Å². The molecule has 416 valence electrons. The molecule has 76 heavy (non-hydrogen) atoms. The number of hydroxylamine groups is 1. The number of likely N-dealkylation sites (tertiary alicyclic amines) is 1. The molecule has 1 unspecified atom stereocenters. The fourth-order valence-electron chi connectivity index (χ4n) is 11.1. The van der Waals surface area contributed by atoms with Gasteiger partial charge in [-0.3, -0.25) is 43.4 Å². The van der Waals surface area contributed by atoms with Crippen LogP contribution in [0.5, 0.6) is 17.2 Å². The Morgan fingerprint density at radius 3 is 2.46 bits per heavy atom. The van der Waals surface area contributed by atoms with E-state index in [0.29, 0.717) is 58.2 Å². The van der Waals surface area contributed by atoms with Crippen LogP contribution in [0.3, 0.4) is 0 Å². The number of phenolic OH excluding ortho intramolecular Hbond substituents is 2. The Bertz CT molecular complexity index is 2590. The summed E-state index contributed by atoms with van der Waals surface area (Å²) in [5, 5.41) is 64.3. The number of aliphatic hydroxyl groups excluding tert-OH is 1. The molecule has 10 atom stereocenters. The van der Waals surface area contributed by atoms with Gasteiger partial charge in [-0.2, -0.15) is 10.6 Å². The first kappa shape index (κ1) is 56.7. The number of hydrogen-bond acceptors (Lipinski definition) is 21. The molecule has 0 bridgehead atoms. The smallest absolute Gasteiger partial charge is 0.323 e. The van der Waals surface area contributed by atoms with E-state index in [1.54, 1.807) is 20.8 Å². The molecule has 24 heteroatoms. The number of ether oxygens (including phenoxy) is 6. The van der Waals surface area contributed by atoms with Crippen LogP contribution in [0.2, 0.25) is 0 Å². The third-order valence-corrected chi connectivity index (χ3v) is 14.8. The monoisotopic (exact) mass is 1070 g/mol. The number of aromatic hydroxyl groups is 2. The zero-order valence-corrected chi connectivity index (χ0v) is 43.6. The molecule has 4 heterocycles. The molecule has 0 spiro atoms. The number of rotatable bonds is 22. The molecule has 8 N–H and O–H groups in total. The van der Waals surface area contributed by atoms with Crippen molar-refractivity contribution < 1.29 is 87.6 Å². The first-order valence-corrected chi connectivity index (χ1v) is 25.9. The molecule has 0 saturated carbocycles. The number of aliphatic carboxylic acids is 1. The minimum Gasteiger partial charge on any atom is -0.507 e. The van der Waals surface area contributed by atoms with Crippen molar-refractivity contribution in [2.75, 3.05) is 47.1 Å². The molecule has 2 aromatic rings. The van der Waals surface area contributed by atoms with Gasteiger partial charge in [0.05, 0.1) is 73.0 Å².